The van der Waals surface area contributed by atoms with Gasteiger partial charge in [0.1, 0.15) is 18.0 Å². The van der Waals surface area contributed by atoms with Gasteiger partial charge in [-0.3, -0.25) is 0 Å². The molecule has 0 aliphatic carbocycles. The van der Waals surface area contributed by atoms with E-state index < -0.39 is 0 Å². The van der Waals surface area contributed by atoms with E-state index in [1.165, 1.54) is 0 Å². The highest BCUT2D eigenvalue weighted by Crippen LogP contribution is 2.32. The molecule has 3 N–H and O–H groups in total. The van der Waals surface area contributed by atoms with Crippen LogP contribution in [0.15, 0.2) is 33.8 Å². The number of rotatable bonds is 3. The van der Waals surface area contributed by atoms with Crippen LogP contribution in [0.3, 0.4) is 0 Å². The molecule has 0 saturated carbocycles. The van der Waals surface area contributed by atoms with Crippen molar-refractivity contribution >= 4 is 16.8 Å². The van der Waals surface area contributed by atoms with Crippen molar-refractivity contribution in [2.75, 3.05) is 6.61 Å². The molecule has 0 atom stereocenters. The largest absolute Gasteiger partial charge is 0.481 e. The lowest BCUT2D eigenvalue weighted by molar-refractivity contribution is 0.305. The van der Waals surface area contributed by atoms with Gasteiger partial charge in [-0.15, -0.1) is 0 Å². The Hall–Kier alpha value is -2.17. The first kappa shape index (κ1) is 10.4. The highest BCUT2D eigenvalue weighted by molar-refractivity contribution is 5.86. The zero-order valence-corrected chi connectivity index (χ0v) is 8.80. The van der Waals surface area contributed by atoms with E-state index in [0.717, 1.165) is 11.0 Å². The fourth-order valence-corrected chi connectivity index (χ4v) is 1.50. The first-order valence-corrected chi connectivity index (χ1v) is 4.79. The third kappa shape index (κ3) is 1.79. The Morgan fingerprint density at radius 3 is 3.00 bits per heavy atom. The average molecular weight is 220 g/mol. The number of ether oxygens (including phenoxy) is 1. The SMILES string of the molecule is Cc1oc2ccccc2c1OC/C(N)=N\O. The minimum Gasteiger partial charge on any atom is -0.481 e. The Bertz CT molecular complexity index is 531. The van der Waals surface area contributed by atoms with Crippen molar-refractivity contribution in [3.05, 3.63) is 30.0 Å². The Labute approximate surface area is 92.1 Å². The summed E-state index contributed by atoms with van der Waals surface area (Å²) in [6, 6.07) is 7.54. The number of amidine groups is 1. The highest BCUT2D eigenvalue weighted by atomic mass is 16.5. The Morgan fingerprint density at radius 2 is 2.25 bits per heavy atom. The molecular weight excluding hydrogens is 208 g/mol. The van der Waals surface area contributed by atoms with Gasteiger partial charge >= 0.3 is 0 Å². The monoisotopic (exact) mass is 220 g/mol. The van der Waals surface area contributed by atoms with Crippen LogP contribution in [0.5, 0.6) is 5.75 Å². The van der Waals surface area contributed by atoms with Crippen LogP contribution < -0.4 is 10.5 Å². The van der Waals surface area contributed by atoms with Gasteiger partial charge in [-0.05, 0) is 19.1 Å². The average Bonchev–Trinajstić information content (AvgIpc) is 2.62. The zero-order valence-electron chi connectivity index (χ0n) is 8.80. The summed E-state index contributed by atoms with van der Waals surface area (Å²) in [5.74, 6) is 1.32. The third-order valence-corrected chi connectivity index (χ3v) is 2.21. The van der Waals surface area contributed by atoms with Crippen LogP contribution in [0.4, 0.5) is 0 Å². The van der Waals surface area contributed by atoms with E-state index in [-0.39, 0.29) is 12.4 Å². The topological polar surface area (TPSA) is 81.0 Å². The first-order chi connectivity index (χ1) is 7.72. The molecule has 84 valence electrons. The summed E-state index contributed by atoms with van der Waals surface area (Å²) in [5, 5.41) is 12.1. The van der Waals surface area contributed by atoms with Crippen LogP contribution in [-0.4, -0.2) is 17.6 Å². The lowest BCUT2D eigenvalue weighted by atomic mass is 10.2. The van der Waals surface area contributed by atoms with Crippen molar-refractivity contribution in [1.82, 2.24) is 0 Å². The number of para-hydroxylation sites is 1. The number of hydrogen-bond donors (Lipinski definition) is 2. The molecule has 5 heteroatoms. The molecule has 0 radical (unpaired) electrons. The summed E-state index contributed by atoms with van der Waals surface area (Å²) in [6.07, 6.45) is 0. The zero-order chi connectivity index (χ0) is 11.5. The van der Waals surface area contributed by atoms with E-state index in [2.05, 4.69) is 5.16 Å². The molecule has 0 spiro atoms. The predicted octanol–water partition coefficient (Wildman–Crippen LogP) is 1.87. The Kier molecular flexibility index (Phi) is 2.68. The van der Waals surface area contributed by atoms with Gasteiger partial charge in [0, 0.05) is 0 Å². The maximum atomic E-state index is 8.41. The van der Waals surface area contributed by atoms with Crippen LogP contribution in [0.1, 0.15) is 5.76 Å². The van der Waals surface area contributed by atoms with E-state index in [1.54, 1.807) is 0 Å². The lowest BCUT2D eigenvalue weighted by Crippen LogP contribution is -2.20. The van der Waals surface area contributed by atoms with Crippen molar-refractivity contribution in [3.8, 4) is 5.75 Å². The second kappa shape index (κ2) is 4.14. The van der Waals surface area contributed by atoms with Crippen LogP contribution in [-0.2, 0) is 0 Å². The minimum atomic E-state index is 0.0182. The molecule has 0 bridgehead atoms. The molecule has 0 unspecified atom stereocenters. The van der Waals surface area contributed by atoms with E-state index in [9.17, 15) is 0 Å². The maximum absolute atomic E-state index is 8.41. The van der Waals surface area contributed by atoms with Gasteiger partial charge in [0.25, 0.3) is 0 Å². The normalized spacial score (nSPS) is 11.9. The van der Waals surface area contributed by atoms with Crippen molar-refractivity contribution in [3.63, 3.8) is 0 Å². The Balaban J connectivity index is 2.33. The standard InChI is InChI=1S/C11H12N2O3/c1-7-11(15-6-10(12)13-14)8-4-2-3-5-9(8)16-7/h2-5,14H,6H2,1H3,(H2,12,13). The molecule has 1 heterocycles. The van der Waals surface area contributed by atoms with Crippen molar-refractivity contribution < 1.29 is 14.4 Å². The van der Waals surface area contributed by atoms with Gasteiger partial charge in [-0.1, -0.05) is 17.3 Å². The number of aryl methyl sites for hydroxylation is 1. The molecule has 5 nitrogen and oxygen atoms in total. The second-order valence-electron chi connectivity index (χ2n) is 3.36. The summed E-state index contributed by atoms with van der Waals surface area (Å²) < 4.78 is 10.9. The molecule has 2 aromatic rings. The van der Waals surface area contributed by atoms with Crippen LogP contribution in [0, 0.1) is 6.92 Å². The van der Waals surface area contributed by atoms with Crippen LogP contribution in [0.25, 0.3) is 11.0 Å². The summed E-state index contributed by atoms with van der Waals surface area (Å²) >= 11 is 0. The molecule has 0 fully saturated rings. The van der Waals surface area contributed by atoms with Gasteiger partial charge in [0.2, 0.25) is 0 Å². The molecular formula is C11H12N2O3. The molecule has 0 aliphatic heterocycles. The number of oxime groups is 1. The highest BCUT2D eigenvalue weighted by Gasteiger charge is 2.11. The summed E-state index contributed by atoms with van der Waals surface area (Å²) in [5.41, 5.74) is 6.09. The number of benzene rings is 1. The third-order valence-electron chi connectivity index (χ3n) is 2.21. The van der Waals surface area contributed by atoms with Gasteiger partial charge in [0.05, 0.1) is 5.39 Å². The second-order valence-corrected chi connectivity index (χ2v) is 3.36. The summed E-state index contributed by atoms with van der Waals surface area (Å²) in [7, 11) is 0. The van der Waals surface area contributed by atoms with Crippen LogP contribution >= 0.6 is 0 Å². The molecule has 1 aromatic carbocycles. The molecule has 1 aromatic heterocycles. The van der Waals surface area contributed by atoms with Crippen LogP contribution in [0.2, 0.25) is 0 Å². The smallest absolute Gasteiger partial charge is 0.177 e. The lowest BCUT2D eigenvalue weighted by Gasteiger charge is -2.03. The van der Waals surface area contributed by atoms with E-state index in [0.29, 0.717) is 11.5 Å². The van der Waals surface area contributed by atoms with E-state index in [4.69, 9.17) is 20.1 Å². The fourth-order valence-electron chi connectivity index (χ4n) is 1.50. The van der Waals surface area contributed by atoms with E-state index in [1.807, 2.05) is 31.2 Å². The summed E-state index contributed by atoms with van der Waals surface area (Å²) in [6.45, 7) is 1.84. The molecule has 16 heavy (non-hydrogen) atoms. The van der Waals surface area contributed by atoms with Crippen molar-refractivity contribution in [2.45, 2.75) is 6.92 Å². The predicted molar refractivity (Wildman–Crippen MR) is 59.9 cm³/mol. The first-order valence-electron chi connectivity index (χ1n) is 4.79. The summed E-state index contributed by atoms with van der Waals surface area (Å²) in [4.78, 5) is 0. The molecule has 2 rings (SSSR count). The fraction of sp³-hybridized carbons (Fsp3) is 0.182. The minimum absolute atomic E-state index is 0.0182. The Morgan fingerprint density at radius 1 is 1.50 bits per heavy atom. The number of furan rings is 1. The quantitative estimate of drug-likeness (QED) is 0.358. The molecule has 0 aliphatic rings. The van der Waals surface area contributed by atoms with Crippen molar-refractivity contribution in [2.24, 2.45) is 10.9 Å². The van der Waals surface area contributed by atoms with Gasteiger partial charge in [-0.2, -0.15) is 0 Å². The van der Waals surface area contributed by atoms with Gasteiger partial charge < -0.3 is 20.1 Å². The number of nitrogens with two attached hydrogens (primary N) is 1. The van der Waals surface area contributed by atoms with Crippen molar-refractivity contribution in [1.29, 1.82) is 0 Å². The molecule has 0 amide bonds. The molecule has 0 saturated heterocycles. The van der Waals surface area contributed by atoms with E-state index >= 15 is 0 Å². The number of nitrogens with zero attached hydrogens (tertiary/aromatic N) is 1. The number of fused-ring (bicyclic) bond motifs is 1. The number of hydrogen-bond acceptors (Lipinski definition) is 4. The van der Waals surface area contributed by atoms with Gasteiger partial charge in [-0.25, -0.2) is 0 Å². The maximum Gasteiger partial charge on any atom is 0.177 e. The van der Waals surface area contributed by atoms with Gasteiger partial charge in [0.15, 0.2) is 11.6 Å².